The molecule has 1 spiro atoms. The van der Waals surface area contributed by atoms with Crippen LogP contribution >= 0.6 is 0 Å². The molecular formula is C35H58N8O15+4. The van der Waals surface area contributed by atoms with Crippen molar-refractivity contribution in [3.05, 3.63) is 0 Å². The zero-order valence-corrected chi connectivity index (χ0v) is 32.6. The van der Waals surface area contributed by atoms with Crippen molar-refractivity contribution >= 4 is 53.7 Å². The van der Waals surface area contributed by atoms with Gasteiger partial charge in [-0.15, -0.1) is 17.9 Å². The highest BCUT2D eigenvalue weighted by atomic mass is 16.4. The molecule has 23 heteroatoms. The molecule has 23 nitrogen and oxygen atoms in total. The van der Waals surface area contributed by atoms with E-state index in [9.17, 15) is 68.7 Å². The van der Waals surface area contributed by atoms with E-state index in [1.165, 1.54) is 0 Å². The first-order valence-corrected chi connectivity index (χ1v) is 19.7. The maximum atomic E-state index is 13.6. The van der Waals surface area contributed by atoms with Crippen LogP contribution in [0.3, 0.4) is 0 Å². The number of hydrogen-bond acceptors (Lipinski definition) is 9. The molecule has 324 valence electrons. The third kappa shape index (κ3) is 9.26. The van der Waals surface area contributed by atoms with Gasteiger partial charge in [-0.3, -0.25) is 14.4 Å². The molecule has 0 aliphatic carbocycles. The topological polar surface area (TPSA) is 323 Å². The van der Waals surface area contributed by atoms with Crippen LogP contribution in [-0.2, 0) is 38.4 Å². The smallest absolute Gasteiger partial charge is 0.481 e. The summed E-state index contributed by atoms with van der Waals surface area (Å²) >= 11 is 0. The quantitative estimate of drug-likeness (QED) is 0.0311. The molecule has 0 radical (unpaired) electrons. The highest BCUT2D eigenvalue weighted by molar-refractivity contribution is 5.86. The lowest BCUT2D eigenvalue weighted by Crippen LogP contribution is -2.86. The number of nitrogens with zero attached hydrogens (tertiary/aromatic N) is 4. The minimum atomic E-state index is -1.52. The number of nitrogens with one attached hydrogen (secondary N) is 4. The van der Waals surface area contributed by atoms with E-state index in [0.717, 1.165) is 0 Å². The van der Waals surface area contributed by atoms with Crippen molar-refractivity contribution in [2.45, 2.75) is 75.8 Å². The van der Waals surface area contributed by atoms with E-state index in [2.05, 4.69) is 21.3 Å². The Bertz CT molecular complexity index is 1560. The fourth-order valence-corrected chi connectivity index (χ4v) is 10.8. The standard InChI is InChI=1S/C35H54N8O15/c44-26(36-11-5-3-6-24(32(54)55)38-34(58)39-25(33(56)57)8-9-28(46)47)7-2-1-4-10-37-27(45)20-40-12-14-41(21-29(48)49)16-18-43(23-31(52)53)19-17-42(15-13-40,22-30(50)51)35(40,41)43/h24-25H,1-23H2,(H6-4,36,37,38,39,44,45,46,47,48,49,50,51,52,53,54,55,56,57,58)/p+4/t24-,25-,35?,40?,41+,42?,43?/m0/s1. The number of carbonyl (C=O) groups excluding carboxylic acids is 3. The summed E-state index contributed by atoms with van der Waals surface area (Å²) in [7, 11) is 0. The predicted octanol–water partition coefficient (Wildman–Crippen LogP) is -2.79. The molecule has 4 amide bonds. The van der Waals surface area contributed by atoms with Gasteiger partial charge in [-0.05, 0) is 38.5 Å². The van der Waals surface area contributed by atoms with Gasteiger partial charge in [0, 0.05) is 25.9 Å². The van der Waals surface area contributed by atoms with E-state index in [1.54, 1.807) is 0 Å². The summed E-state index contributed by atoms with van der Waals surface area (Å²) in [5.74, 6) is -8.88. The Morgan fingerprint density at radius 2 is 0.845 bits per heavy atom. The lowest BCUT2D eigenvalue weighted by molar-refractivity contribution is -1.36. The number of unbranched alkanes of at least 4 members (excludes halogenated alkanes) is 3. The Labute approximate surface area is 333 Å². The Morgan fingerprint density at radius 1 is 0.448 bits per heavy atom. The van der Waals surface area contributed by atoms with Gasteiger partial charge in [0.05, 0.1) is 0 Å². The maximum absolute atomic E-state index is 13.6. The Morgan fingerprint density at radius 3 is 1.26 bits per heavy atom. The summed E-state index contributed by atoms with van der Waals surface area (Å²) < 4.78 is 0.282. The number of amides is 4. The fraction of sp³-hybridized carbons (Fsp3) is 0.743. The Hall–Kier alpha value is -5.13. The molecule has 0 aromatic carbocycles. The number of quaternary nitrogens is 4. The van der Waals surface area contributed by atoms with Gasteiger partial charge in [-0.1, -0.05) is 6.42 Å². The van der Waals surface area contributed by atoms with Crippen LogP contribution in [0, 0.1) is 0 Å². The van der Waals surface area contributed by atoms with Crippen LogP contribution in [0.25, 0.3) is 0 Å². The molecule has 4 aliphatic rings. The number of rotatable bonds is 26. The van der Waals surface area contributed by atoms with E-state index < -0.39 is 66.3 Å². The van der Waals surface area contributed by atoms with Crippen LogP contribution in [0.15, 0.2) is 0 Å². The fourth-order valence-electron chi connectivity index (χ4n) is 10.8. The molecule has 7 atom stereocenters. The largest absolute Gasteiger partial charge is 0.483 e. The highest BCUT2D eigenvalue weighted by Gasteiger charge is 2.99. The second kappa shape index (κ2) is 18.6. The number of hydrogen-bond donors (Lipinski definition) is 10. The number of carboxylic acid groups (broad SMARTS) is 6. The van der Waals surface area contributed by atoms with Crippen molar-refractivity contribution in [1.82, 2.24) is 21.3 Å². The minimum Gasteiger partial charge on any atom is -0.481 e. The summed E-state index contributed by atoms with van der Waals surface area (Å²) in [6.45, 7) is 2.86. The number of carbonyl (C=O) groups is 9. The zero-order valence-electron chi connectivity index (χ0n) is 32.6. The molecule has 4 heterocycles. The average Bonchev–Trinajstić information content (AvgIpc) is 3.75. The van der Waals surface area contributed by atoms with Gasteiger partial charge in [-0.2, -0.15) is 0 Å². The van der Waals surface area contributed by atoms with Crippen LogP contribution in [0.5, 0.6) is 0 Å². The molecule has 4 fully saturated rings. The summed E-state index contributed by atoms with van der Waals surface area (Å²) in [5.41, 5.74) is 0. The average molecular weight is 831 g/mol. The van der Waals surface area contributed by atoms with Gasteiger partial charge in [0.1, 0.15) is 64.4 Å². The van der Waals surface area contributed by atoms with Gasteiger partial charge < -0.3 is 51.9 Å². The Kier molecular flexibility index (Phi) is 14.6. The number of urea groups is 1. The first kappa shape index (κ1) is 45.6. The number of aliphatic carboxylic acids is 6. The zero-order chi connectivity index (χ0) is 42.9. The summed E-state index contributed by atoms with van der Waals surface area (Å²) in [6, 6.07) is -3.93. The van der Waals surface area contributed by atoms with Crippen molar-refractivity contribution in [3.8, 4) is 0 Å². The monoisotopic (exact) mass is 830 g/mol. The second-order valence-electron chi connectivity index (χ2n) is 16.1. The number of carboxylic acids is 6. The summed E-state index contributed by atoms with van der Waals surface area (Å²) in [5, 5.41) is 67.6. The van der Waals surface area contributed by atoms with Crippen LogP contribution < -0.4 is 21.3 Å². The summed E-state index contributed by atoms with van der Waals surface area (Å²) in [6.07, 6.45) is 1.70. The molecular weight excluding hydrogens is 772 g/mol. The van der Waals surface area contributed by atoms with E-state index >= 15 is 0 Å². The van der Waals surface area contributed by atoms with Crippen LogP contribution in [0.2, 0.25) is 0 Å². The molecule has 10 N–H and O–H groups in total. The van der Waals surface area contributed by atoms with Crippen molar-refractivity contribution in [3.63, 3.8) is 0 Å². The lowest BCUT2D eigenvalue weighted by atomic mass is 10.1. The van der Waals surface area contributed by atoms with Gasteiger partial charge in [0.15, 0.2) is 26.2 Å². The first-order valence-electron chi connectivity index (χ1n) is 19.7. The van der Waals surface area contributed by atoms with E-state index in [1.807, 2.05) is 0 Å². The van der Waals surface area contributed by atoms with Crippen LogP contribution in [-0.4, -0.2) is 212 Å². The molecule has 4 unspecified atom stereocenters. The van der Waals surface area contributed by atoms with Crippen molar-refractivity contribution in [2.24, 2.45) is 0 Å². The SMILES string of the molecule is O=C(O)CC[C@H](NC(=O)N[C@@H](CCCCNC(=O)CCCCCNC(=O)C[N+]12CC[N+]3(CC(=O)O)CC[N+]4(CC(=O)O)CC[N@@+](CC(=O)O)(CC1)C342)C(=O)O)C(=O)O. The normalized spacial score (nSPS) is 28.7. The third-order valence-electron chi connectivity index (χ3n) is 12.6. The third-order valence-corrected chi connectivity index (χ3v) is 12.6. The molecule has 0 bridgehead atoms. The molecule has 0 saturated carbocycles. The molecule has 0 aromatic heterocycles. The van der Waals surface area contributed by atoms with Gasteiger partial charge >= 0.3 is 47.8 Å². The van der Waals surface area contributed by atoms with Crippen molar-refractivity contribution in [1.29, 1.82) is 0 Å². The molecule has 4 saturated heterocycles. The van der Waals surface area contributed by atoms with E-state index in [-0.39, 0.29) is 81.7 Å². The van der Waals surface area contributed by atoms with E-state index in [0.29, 0.717) is 91.0 Å². The minimum absolute atomic E-state index is 0.00873. The molecule has 4 aliphatic heterocycles. The molecule has 58 heavy (non-hydrogen) atoms. The predicted molar refractivity (Wildman–Crippen MR) is 195 cm³/mol. The lowest BCUT2D eigenvalue weighted by Gasteiger charge is -2.49. The second-order valence-corrected chi connectivity index (χ2v) is 16.1. The maximum Gasteiger partial charge on any atom is 0.483 e. The van der Waals surface area contributed by atoms with Crippen molar-refractivity contribution < 1.29 is 91.7 Å². The van der Waals surface area contributed by atoms with Crippen molar-refractivity contribution in [2.75, 3.05) is 91.6 Å². The van der Waals surface area contributed by atoms with Crippen LogP contribution in [0.4, 0.5) is 4.79 Å². The van der Waals surface area contributed by atoms with Gasteiger partial charge in [0.2, 0.25) is 5.91 Å². The van der Waals surface area contributed by atoms with Crippen LogP contribution in [0.1, 0.15) is 57.8 Å². The summed E-state index contributed by atoms with van der Waals surface area (Å²) in [4.78, 5) is 109. The van der Waals surface area contributed by atoms with E-state index in [4.69, 9.17) is 5.11 Å². The Balaban J connectivity index is 1.21. The molecule has 0 aromatic rings. The van der Waals surface area contributed by atoms with Gasteiger partial charge in [0.25, 0.3) is 5.91 Å². The first-order chi connectivity index (χ1) is 27.3. The van der Waals surface area contributed by atoms with Gasteiger partial charge in [-0.25, -0.2) is 28.8 Å². The highest BCUT2D eigenvalue weighted by Crippen LogP contribution is 2.62. The molecule has 4 rings (SSSR count).